The van der Waals surface area contributed by atoms with E-state index in [2.05, 4.69) is 27.2 Å². The predicted octanol–water partition coefficient (Wildman–Crippen LogP) is 2.85. The molecule has 1 saturated heterocycles. The largest absolute Gasteiger partial charge is 0.472 e. The minimum Gasteiger partial charge on any atom is -0.472 e. The van der Waals surface area contributed by atoms with Crippen LogP contribution in [0.25, 0.3) is 11.1 Å². The van der Waals surface area contributed by atoms with Gasteiger partial charge in [0.1, 0.15) is 6.10 Å². The number of aromatic nitrogens is 5. The Bertz CT molecular complexity index is 1110. The second kappa shape index (κ2) is 8.25. The molecule has 30 heavy (non-hydrogen) atoms. The number of rotatable bonds is 6. The Kier molecular flexibility index (Phi) is 5.52. The maximum absolute atomic E-state index is 14.3. The van der Waals surface area contributed by atoms with Crippen LogP contribution >= 0.6 is 0 Å². The Labute approximate surface area is 173 Å². The molecular weight excluding hydrogens is 387 g/mol. The number of aromatic amines is 1. The van der Waals surface area contributed by atoms with Crippen LogP contribution in [0.4, 0.5) is 10.1 Å². The Balaban J connectivity index is 1.54. The van der Waals surface area contributed by atoms with E-state index in [9.17, 15) is 9.18 Å². The molecule has 0 radical (unpaired) electrons. The van der Waals surface area contributed by atoms with E-state index in [4.69, 9.17) is 4.74 Å². The maximum atomic E-state index is 14.3. The van der Waals surface area contributed by atoms with Crippen LogP contribution < -0.4 is 15.2 Å². The lowest BCUT2D eigenvalue weighted by Gasteiger charge is -2.18. The molecule has 1 atom stereocenters. The highest BCUT2D eigenvalue weighted by Gasteiger charge is 2.26. The molecule has 0 amide bonds. The van der Waals surface area contributed by atoms with Gasteiger partial charge in [-0.25, -0.2) is 5.10 Å². The summed E-state index contributed by atoms with van der Waals surface area (Å²) in [6.07, 6.45) is 3.17. The molecule has 9 heteroatoms. The molecular formula is C21H25FN6O2. The molecule has 1 aliphatic rings. The van der Waals surface area contributed by atoms with E-state index < -0.39 is 5.95 Å². The number of hydrogen-bond acceptors (Lipinski definition) is 6. The topological polar surface area (TPSA) is 88.9 Å². The van der Waals surface area contributed by atoms with Gasteiger partial charge in [0.25, 0.3) is 5.56 Å². The third-order valence-corrected chi connectivity index (χ3v) is 5.32. The lowest BCUT2D eigenvalue weighted by Crippen LogP contribution is -2.26. The van der Waals surface area contributed by atoms with Gasteiger partial charge in [0, 0.05) is 49.0 Å². The summed E-state index contributed by atoms with van der Waals surface area (Å²) < 4.78 is 22.3. The van der Waals surface area contributed by atoms with Crippen molar-refractivity contribution in [3.63, 3.8) is 0 Å². The first kappa shape index (κ1) is 20.1. The Morgan fingerprint density at radius 2 is 2.13 bits per heavy atom. The molecule has 0 aromatic carbocycles. The molecule has 4 rings (SSSR count). The number of nitrogens with zero attached hydrogens (tertiary/aromatic N) is 5. The van der Waals surface area contributed by atoms with Crippen LogP contribution in [0.3, 0.4) is 0 Å². The fourth-order valence-electron chi connectivity index (χ4n) is 3.99. The van der Waals surface area contributed by atoms with Gasteiger partial charge in [0.2, 0.25) is 11.8 Å². The van der Waals surface area contributed by atoms with Crippen LogP contribution in [0.2, 0.25) is 0 Å². The van der Waals surface area contributed by atoms with E-state index in [1.807, 2.05) is 23.4 Å². The third-order valence-electron chi connectivity index (χ3n) is 5.32. The Morgan fingerprint density at radius 3 is 2.90 bits per heavy atom. The van der Waals surface area contributed by atoms with E-state index in [1.165, 1.54) is 12.1 Å². The smallest absolute Gasteiger partial charge is 0.266 e. The first-order valence-corrected chi connectivity index (χ1v) is 10.1. The molecule has 8 nitrogen and oxygen atoms in total. The minimum absolute atomic E-state index is 0.156. The van der Waals surface area contributed by atoms with E-state index in [-0.39, 0.29) is 17.5 Å². The number of anilines is 1. The van der Waals surface area contributed by atoms with E-state index in [0.29, 0.717) is 12.1 Å². The summed E-state index contributed by atoms with van der Waals surface area (Å²) in [6.45, 7) is 8.14. The van der Waals surface area contributed by atoms with Gasteiger partial charge in [-0.2, -0.15) is 19.6 Å². The lowest BCUT2D eigenvalue weighted by atomic mass is 10.1. The molecule has 3 aromatic heterocycles. The van der Waals surface area contributed by atoms with Crippen molar-refractivity contribution < 1.29 is 9.13 Å². The fraction of sp³-hybridized carbons (Fsp3) is 0.429. The lowest BCUT2D eigenvalue weighted by molar-refractivity contribution is 0.213. The summed E-state index contributed by atoms with van der Waals surface area (Å²) >= 11 is 0. The van der Waals surface area contributed by atoms with Gasteiger partial charge < -0.3 is 9.64 Å². The second-order valence-electron chi connectivity index (χ2n) is 7.56. The average molecular weight is 412 g/mol. The zero-order valence-corrected chi connectivity index (χ0v) is 17.4. The van der Waals surface area contributed by atoms with Crippen molar-refractivity contribution in [1.29, 1.82) is 0 Å². The van der Waals surface area contributed by atoms with Crippen molar-refractivity contribution in [3.8, 4) is 17.0 Å². The third kappa shape index (κ3) is 4.05. The van der Waals surface area contributed by atoms with Gasteiger partial charge in [-0.15, -0.1) is 0 Å². The first-order chi connectivity index (χ1) is 14.4. The highest BCUT2D eigenvalue weighted by molar-refractivity contribution is 5.69. The van der Waals surface area contributed by atoms with Gasteiger partial charge >= 0.3 is 0 Å². The number of pyridine rings is 1. The molecule has 0 aliphatic carbocycles. The van der Waals surface area contributed by atoms with Crippen LogP contribution in [0, 0.1) is 19.8 Å². The van der Waals surface area contributed by atoms with Crippen LogP contribution in [-0.4, -0.2) is 44.2 Å². The summed E-state index contributed by atoms with van der Waals surface area (Å²) in [4.78, 5) is 17.5. The van der Waals surface area contributed by atoms with Crippen molar-refractivity contribution >= 4 is 5.69 Å². The fourth-order valence-corrected chi connectivity index (χ4v) is 3.99. The van der Waals surface area contributed by atoms with Crippen molar-refractivity contribution in [1.82, 2.24) is 25.0 Å². The highest BCUT2D eigenvalue weighted by atomic mass is 19.1. The first-order valence-electron chi connectivity index (χ1n) is 10.1. The number of H-pyrrole nitrogens is 1. The number of hydrogen-bond donors (Lipinski definition) is 1. The van der Waals surface area contributed by atoms with Gasteiger partial charge in [-0.1, -0.05) is 6.92 Å². The molecule has 158 valence electrons. The van der Waals surface area contributed by atoms with Gasteiger partial charge in [-0.3, -0.25) is 9.48 Å². The molecule has 3 aromatic rings. The Morgan fingerprint density at radius 1 is 1.30 bits per heavy atom. The van der Waals surface area contributed by atoms with Gasteiger partial charge in [-0.05, 0) is 25.8 Å². The summed E-state index contributed by atoms with van der Waals surface area (Å²) in [5.41, 5.74) is 3.97. The second-order valence-corrected chi connectivity index (χ2v) is 7.56. The SMILES string of the molecule is CCCn1nc(C)c(-c2cc(F)nc(O[C@@H]3CCN(c4cn[nH]c(=O)c4)C3)c2)c1C. The molecule has 4 heterocycles. The predicted molar refractivity (Wildman–Crippen MR) is 111 cm³/mol. The summed E-state index contributed by atoms with van der Waals surface area (Å²) in [5.74, 6) is -0.332. The van der Waals surface area contributed by atoms with E-state index in [0.717, 1.165) is 48.6 Å². The van der Waals surface area contributed by atoms with Gasteiger partial charge in [0.15, 0.2) is 0 Å². The van der Waals surface area contributed by atoms with Crippen LogP contribution in [0.15, 0.2) is 29.2 Å². The van der Waals surface area contributed by atoms with Crippen LogP contribution in [0.1, 0.15) is 31.2 Å². The standard InChI is InChI=1S/C21H25FN6O2/c1-4-6-28-14(3)21(13(2)26-28)15-8-18(22)24-20(9-15)30-17-5-7-27(12-17)16-10-19(29)25-23-11-16/h8-11,17H,4-7,12H2,1-3H3,(H,25,29)/t17-/m1/s1. The molecule has 1 N–H and O–H groups in total. The molecule has 0 saturated carbocycles. The molecule has 0 bridgehead atoms. The molecule has 0 spiro atoms. The number of aryl methyl sites for hydroxylation is 2. The van der Waals surface area contributed by atoms with E-state index >= 15 is 0 Å². The van der Waals surface area contributed by atoms with Crippen molar-refractivity contribution in [2.45, 2.75) is 46.3 Å². The monoisotopic (exact) mass is 412 g/mol. The quantitative estimate of drug-likeness (QED) is 0.627. The summed E-state index contributed by atoms with van der Waals surface area (Å²) in [5, 5.41) is 10.8. The number of halogens is 1. The zero-order chi connectivity index (χ0) is 21.3. The molecule has 1 aliphatic heterocycles. The average Bonchev–Trinajstić information content (AvgIpc) is 3.26. The summed E-state index contributed by atoms with van der Waals surface area (Å²) in [6, 6.07) is 4.70. The number of nitrogens with one attached hydrogen (secondary N) is 1. The van der Waals surface area contributed by atoms with Crippen molar-refractivity contribution in [2.75, 3.05) is 18.0 Å². The number of ether oxygens (including phenoxy) is 1. The maximum Gasteiger partial charge on any atom is 0.266 e. The van der Waals surface area contributed by atoms with E-state index in [1.54, 1.807) is 12.3 Å². The highest BCUT2D eigenvalue weighted by Crippen LogP contribution is 2.30. The molecule has 0 unspecified atom stereocenters. The normalized spacial score (nSPS) is 16.3. The Hall–Kier alpha value is -3.23. The van der Waals surface area contributed by atoms with Crippen LogP contribution in [-0.2, 0) is 6.54 Å². The summed E-state index contributed by atoms with van der Waals surface area (Å²) in [7, 11) is 0. The zero-order valence-electron chi connectivity index (χ0n) is 17.4. The minimum atomic E-state index is -0.585. The van der Waals surface area contributed by atoms with Gasteiger partial charge in [0.05, 0.1) is 24.1 Å². The van der Waals surface area contributed by atoms with Crippen molar-refractivity contribution in [3.05, 3.63) is 52.1 Å². The van der Waals surface area contributed by atoms with Crippen molar-refractivity contribution in [2.24, 2.45) is 0 Å². The molecule has 1 fully saturated rings. The van der Waals surface area contributed by atoms with Crippen LogP contribution in [0.5, 0.6) is 5.88 Å².